The largest absolute Gasteiger partial charge is 0.349 e. The molecule has 1 aromatic heterocycles. The topological polar surface area (TPSA) is 70.7 Å². The third kappa shape index (κ3) is 3.09. The standard InChI is InChI=1S/C11H10F2N4O/c12-8-2-1-7(9(13)4-8)3-11(18)14-5-10-15-6-16-17-10/h1-2,4,6H,3,5H2,(H,14,18)(H,15,16,17). The first-order chi connectivity index (χ1) is 8.65. The molecule has 0 aliphatic heterocycles. The number of carbonyl (C=O) groups is 1. The Labute approximate surface area is 101 Å². The Balaban J connectivity index is 1.91. The molecule has 2 aromatic rings. The van der Waals surface area contributed by atoms with Gasteiger partial charge >= 0.3 is 0 Å². The number of nitrogens with one attached hydrogen (secondary N) is 2. The van der Waals surface area contributed by atoms with E-state index >= 15 is 0 Å². The van der Waals surface area contributed by atoms with Crippen LogP contribution in [0, 0.1) is 11.6 Å². The van der Waals surface area contributed by atoms with Crippen molar-refractivity contribution in [3.8, 4) is 0 Å². The van der Waals surface area contributed by atoms with Crippen LogP contribution < -0.4 is 5.32 Å². The predicted octanol–water partition coefficient (Wildman–Crippen LogP) is 0.942. The Kier molecular flexibility index (Phi) is 3.61. The van der Waals surface area contributed by atoms with Crippen LogP contribution >= 0.6 is 0 Å². The number of hydrogen-bond donors (Lipinski definition) is 2. The summed E-state index contributed by atoms with van der Waals surface area (Å²) in [4.78, 5) is 15.3. The van der Waals surface area contributed by atoms with Gasteiger partial charge in [0.05, 0.1) is 13.0 Å². The summed E-state index contributed by atoms with van der Waals surface area (Å²) in [5.74, 6) is -1.28. The fraction of sp³-hybridized carbons (Fsp3) is 0.182. The molecule has 0 saturated carbocycles. The van der Waals surface area contributed by atoms with Crippen molar-refractivity contribution in [2.75, 3.05) is 0 Å². The molecule has 5 nitrogen and oxygen atoms in total. The van der Waals surface area contributed by atoms with E-state index in [1.54, 1.807) is 0 Å². The highest BCUT2D eigenvalue weighted by Gasteiger charge is 2.09. The quantitative estimate of drug-likeness (QED) is 0.850. The summed E-state index contributed by atoms with van der Waals surface area (Å²) in [7, 11) is 0. The number of amides is 1. The first-order valence-corrected chi connectivity index (χ1v) is 5.20. The zero-order valence-electron chi connectivity index (χ0n) is 9.28. The molecule has 0 spiro atoms. The van der Waals surface area contributed by atoms with Crippen LogP contribution in [0.3, 0.4) is 0 Å². The Hall–Kier alpha value is -2.31. The van der Waals surface area contributed by atoms with Gasteiger partial charge in [-0.2, -0.15) is 5.10 Å². The summed E-state index contributed by atoms with van der Waals surface area (Å²) in [6.07, 6.45) is 1.17. The second-order valence-corrected chi connectivity index (χ2v) is 3.62. The van der Waals surface area contributed by atoms with Gasteiger partial charge in [-0.3, -0.25) is 9.89 Å². The van der Waals surface area contributed by atoms with Gasteiger partial charge in [0.25, 0.3) is 0 Å². The van der Waals surface area contributed by atoms with Gasteiger partial charge in [0.2, 0.25) is 5.91 Å². The molecule has 0 aliphatic rings. The molecule has 0 atom stereocenters. The minimum atomic E-state index is -0.732. The molecule has 94 valence electrons. The lowest BCUT2D eigenvalue weighted by atomic mass is 10.1. The van der Waals surface area contributed by atoms with Crippen LogP contribution in [0.25, 0.3) is 0 Å². The zero-order valence-corrected chi connectivity index (χ0v) is 9.28. The molecule has 0 aliphatic carbocycles. The fourth-order valence-corrected chi connectivity index (χ4v) is 1.40. The second-order valence-electron chi connectivity index (χ2n) is 3.62. The van der Waals surface area contributed by atoms with Crippen LogP contribution in [0.15, 0.2) is 24.5 Å². The zero-order chi connectivity index (χ0) is 13.0. The minimum absolute atomic E-state index is 0.145. The van der Waals surface area contributed by atoms with Gasteiger partial charge in [-0.1, -0.05) is 6.07 Å². The van der Waals surface area contributed by atoms with Crippen LogP contribution in [-0.2, 0) is 17.8 Å². The van der Waals surface area contributed by atoms with Crippen molar-refractivity contribution >= 4 is 5.91 Å². The lowest BCUT2D eigenvalue weighted by molar-refractivity contribution is -0.120. The van der Waals surface area contributed by atoms with E-state index in [0.717, 1.165) is 12.1 Å². The number of benzene rings is 1. The summed E-state index contributed by atoms with van der Waals surface area (Å²) in [5, 5.41) is 8.74. The average Bonchev–Trinajstić information content (AvgIpc) is 2.83. The predicted molar refractivity (Wildman–Crippen MR) is 58.3 cm³/mol. The van der Waals surface area contributed by atoms with Crippen LogP contribution in [0.4, 0.5) is 8.78 Å². The van der Waals surface area contributed by atoms with Crippen LogP contribution in [0.1, 0.15) is 11.4 Å². The molecule has 7 heteroatoms. The molecule has 0 unspecified atom stereocenters. The number of halogens is 2. The molecule has 0 bridgehead atoms. The number of nitrogens with zero attached hydrogens (tertiary/aromatic N) is 2. The van der Waals surface area contributed by atoms with Gasteiger partial charge in [0.15, 0.2) is 0 Å². The van der Waals surface area contributed by atoms with Gasteiger partial charge in [-0.05, 0) is 11.6 Å². The van der Waals surface area contributed by atoms with E-state index in [4.69, 9.17) is 0 Å². The van der Waals surface area contributed by atoms with Crippen molar-refractivity contribution in [3.05, 3.63) is 47.5 Å². The normalized spacial score (nSPS) is 10.3. The first-order valence-electron chi connectivity index (χ1n) is 5.20. The Morgan fingerprint density at radius 1 is 1.39 bits per heavy atom. The number of H-pyrrole nitrogens is 1. The van der Waals surface area contributed by atoms with E-state index in [1.165, 1.54) is 12.4 Å². The van der Waals surface area contributed by atoms with Crippen LogP contribution in [0.2, 0.25) is 0 Å². The van der Waals surface area contributed by atoms with Crippen molar-refractivity contribution in [2.45, 2.75) is 13.0 Å². The van der Waals surface area contributed by atoms with Crippen LogP contribution in [0.5, 0.6) is 0 Å². The molecule has 18 heavy (non-hydrogen) atoms. The van der Waals surface area contributed by atoms with Crippen molar-refractivity contribution in [1.29, 1.82) is 0 Å². The smallest absolute Gasteiger partial charge is 0.224 e. The monoisotopic (exact) mass is 252 g/mol. The molecule has 0 saturated heterocycles. The van der Waals surface area contributed by atoms with E-state index < -0.39 is 11.6 Å². The summed E-state index contributed by atoms with van der Waals surface area (Å²) in [6, 6.07) is 3.11. The lowest BCUT2D eigenvalue weighted by Crippen LogP contribution is -2.25. The lowest BCUT2D eigenvalue weighted by Gasteiger charge is -2.04. The Morgan fingerprint density at radius 2 is 2.22 bits per heavy atom. The van der Waals surface area contributed by atoms with Gasteiger partial charge < -0.3 is 5.32 Å². The second kappa shape index (κ2) is 5.35. The third-order valence-corrected chi connectivity index (χ3v) is 2.28. The number of rotatable bonds is 4. The average molecular weight is 252 g/mol. The maximum Gasteiger partial charge on any atom is 0.224 e. The molecule has 1 heterocycles. The van der Waals surface area contributed by atoms with E-state index in [9.17, 15) is 13.6 Å². The molecular formula is C11H10F2N4O. The molecule has 2 rings (SSSR count). The summed E-state index contributed by atoms with van der Waals surface area (Å²) >= 11 is 0. The molecule has 0 radical (unpaired) electrons. The third-order valence-electron chi connectivity index (χ3n) is 2.28. The maximum atomic E-state index is 13.3. The highest BCUT2D eigenvalue weighted by molar-refractivity contribution is 5.78. The van der Waals surface area contributed by atoms with Gasteiger partial charge in [0, 0.05) is 6.07 Å². The summed E-state index contributed by atoms with van der Waals surface area (Å²) in [6.45, 7) is 0.182. The van der Waals surface area contributed by atoms with Crippen molar-refractivity contribution in [3.63, 3.8) is 0 Å². The molecule has 1 amide bonds. The maximum absolute atomic E-state index is 13.3. The van der Waals surface area contributed by atoms with E-state index in [0.29, 0.717) is 5.82 Å². The van der Waals surface area contributed by atoms with Gasteiger partial charge in [-0.15, -0.1) is 0 Å². The summed E-state index contributed by atoms with van der Waals surface area (Å²) < 4.78 is 25.9. The first kappa shape index (κ1) is 12.2. The number of carbonyl (C=O) groups excluding carboxylic acids is 1. The SMILES string of the molecule is O=C(Cc1ccc(F)cc1F)NCc1ncn[nH]1. The minimum Gasteiger partial charge on any atom is -0.349 e. The Bertz CT molecular complexity index is 542. The highest BCUT2D eigenvalue weighted by Crippen LogP contribution is 2.10. The van der Waals surface area contributed by atoms with Crippen LogP contribution in [-0.4, -0.2) is 21.1 Å². The molecule has 1 aromatic carbocycles. The van der Waals surface area contributed by atoms with E-state index in [-0.39, 0.29) is 24.4 Å². The highest BCUT2D eigenvalue weighted by atomic mass is 19.1. The van der Waals surface area contributed by atoms with Crippen molar-refractivity contribution < 1.29 is 13.6 Å². The molecule has 0 fully saturated rings. The fourth-order valence-electron chi connectivity index (χ4n) is 1.40. The molecule has 2 N–H and O–H groups in total. The van der Waals surface area contributed by atoms with E-state index in [2.05, 4.69) is 20.5 Å². The van der Waals surface area contributed by atoms with Gasteiger partial charge in [0.1, 0.15) is 23.8 Å². The number of aromatic nitrogens is 3. The van der Waals surface area contributed by atoms with E-state index in [1.807, 2.05) is 0 Å². The van der Waals surface area contributed by atoms with Crippen molar-refractivity contribution in [2.24, 2.45) is 0 Å². The summed E-state index contributed by atoms with van der Waals surface area (Å²) in [5.41, 5.74) is 0.145. The molecular weight excluding hydrogens is 242 g/mol. The van der Waals surface area contributed by atoms with Crippen molar-refractivity contribution in [1.82, 2.24) is 20.5 Å². The van der Waals surface area contributed by atoms with Gasteiger partial charge in [-0.25, -0.2) is 13.8 Å². The number of aromatic amines is 1. The number of hydrogen-bond acceptors (Lipinski definition) is 3. The Morgan fingerprint density at radius 3 is 2.89 bits per heavy atom.